The van der Waals surface area contributed by atoms with Gasteiger partial charge in [-0.05, 0) is 31.1 Å². The number of hydrogen-bond acceptors (Lipinski definition) is 2. The first kappa shape index (κ1) is 18.9. The molecule has 0 aliphatic rings. The van der Waals surface area contributed by atoms with Gasteiger partial charge in [0, 0.05) is 12.5 Å². The van der Waals surface area contributed by atoms with Crippen molar-refractivity contribution < 1.29 is 14.7 Å². The van der Waals surface area contributed by atoms with E-state index in [9.17, 15) is 9.59 Å². The Morgan fingerprint density at radius 3 is 2.20 bits per heavy atom. The molecule has 0 aromatic carbocycles. The fourth-order valence-electron chi connectivity index (χ4n) is 2.81. The highest BCUT2D eigenvalue weighted by Crippen LogP contribution is 2.21. The molecule has 3 atom stereocenters. The third-order valence-electron chi connectivity index (χ3n) is 3.54. The second-order valence-electron chi connectivity index (χ2n) is 6.08. The molecule has 4 nitrogen and oxygen atoms in total. The van der Waals surface area contributed by atoms with Crippen LogP contribution in [-0.4, -0.2) is 23.0 Å². The maximum atomic E-state index is 11.6. The van der Waals surface area contributed by atoms with E-state index in [4.69, 9.17) is 5.11 Å². The van der Waals surface area contributed by atoms with Crippen molar-refractivity contribution in [3.05, 3.63) is 0 Å². The van der Waals surface area contributed by atoms with E-state index in [2.05, 4.69) is 26.1 Å². The fraction of sp³-hybridized carbons (Fsp3) is 0.875. The summed E-state index contributed by atoms with van der Waals surface area (Å²) in [5.74, 6) is 0.211. The summed E-state index contributed by atoms with van der Waals surface area (Å²) in [4.78, 5) is 22.5. The van der Waals surface area contributed by atoms with Gasteiger partial charge in [0.15, 0.2) is 0 Å². The molecule has 0 aliphatic carbocycles. The Balaban J connectivity index is 4.32. The van der Waals surface area contributed by atoms with Crippen molar-refractivity contribution in [1.29, 1.82) is 0 Å². The minimum absolute atomic E-state index is 0.0158. The lowest BCUT2D eigenvalue weighted by Crippen LogP contribution is -2.37. The van der Waals surface area contributed by atoms with Gasteiger partial charge in [-0.15, -0.1) is 0 Å². The summed E-state index contributed by atoms with van der Waals surface area (Å²) in [5.41, 5.74) is 0. The van der Waals surface area contributed by atoms with Gasteiger partial charge in [-0.2, -0.15) is 0 Å². The van der Waals surface area contributed by atoms with Crippen LogP contribution in [0.1, 0.15) is 72.6 Å². The fourth-order valence-corrected chi connectivity index (χ4v) is 2.81. The molecular formula is C16H31NO3. The van der Waals surface area contributed by atoms with Gasteiger partial charge in [0.25, 0.3) is 0 Å². The van der Waals surface area contributed by atoms with E-state index in [1.165, 1.54) is 12.8 Å². The zero-order valence-electron chi connectivity index (χ0n) is 13.4. The molecule has 2 N–H and O–H groups in total. The summed E-state index contributed by atoms with van der Waals surface area (Å²) < 4.78 is 0. The number of carboxylic acids is 1. The van der Waals surface area contributed by atoms with Crippen LogP contribution in [0, 0.1) is 11.8 Å². The second kappa shape index (κ2) is 10.7. The molecule has 0 saturated heterocycles. The number of amides is 1. The van der Waals surface area contributed by atoms with Crippen molar-refractivity contribution in [3.63, 3.8) is 0 Å². The molecule has 0 aromatic rings. The Kier molecular flexibility index (Phi) is 10.1. The van der Waals surface area contributed by atoms with Crippen molar-refractivity contribution in [2.75, 3.05) is 0 Å². The maximum absolute atomic E-state index is 11.6. The highest BCUT2D eigenvalue weighted by molar-refractivity contribution is 5.77. The predicted molar refractivity (Wildman–Crippen MR) is 81.6 cm³/mol. The number of nitrogens with one attached hydrogen (secondary N) is 1. The van der Waals surface area contributed by atoms with Crippen molar-refractivity contribution in [1.82, 2.24) is 5.32 Å². The summed E-state index contributed by atoms with van der Waals surface area (Å²) in [6.07, 6.45) is 5.49. The normalized spacial score (nSPS) is 15.4. The Hall–Kier alpha value is -1.06. The van der Waals surface area contributed by atoms with Crippen molar-refractivity contribution >= 4 is 11.9 Å². The topological polar surface area (TPSA) is 66.4 Å². The van der Waals surface area contributed by atoms with Gasteiger partial charge in [-0.3, -0.25) is 9.59 Å². The van der Waals surface area contributed by atoms with Gasteiger partial charge in [0.1, 0.15) is 0 Å². The molecule has 20 heavy (non-hydrogen) atoms. The molecule has 4 heteroatoms. The van der Waals surface area contributed by atoms with E-state index >= 15 is 0 Å². The van der Waals surface area contributed by atoms with E-state index in [-0.39, 0.29) is 18.4 Å². The summed E-state index contributed by atoms with van der Waals surface area (Å²) in [5, 5.41) is 11.8. The van der Waals surface area contributed by atoms with Crippen LogP contribution < -0.4 is 5.32 Å². The van der Waals surface area contributed by atoms with Crippen molar-refractivity contribution in [2.45, 2.75) is 78.7 Å². The lowest BCUT2D eigenvalue weighted by atomic mass is 9.89. The van der Waals surface area contributed by atoms with E-state index in [1.54, 1.807) is 0 Å². The molecular weight excluding hydrogens is 254 g/mol. The molecule has 3 unspecified atom stereocenters. The SMILES string of the molecule is CCCC(=O)NC(CC(=O)O)CC(C)CC(C)CCC. The average molecular weight is 285 g/mol. The Bertz CT molecular complexity index is 291. The molecule has 0 saturated carbocycles. The molecule has 0 heterocycles. The van der Waals surface area contributed by atoms with Crippen LogP contribution in [0.4, 0.5) is 0 Å². The van der Waals surface area contributed by atoms with Gasteiger partial charge in [0.05, 0.1) is 6.42 Å². The molecule has 1 amide bonds. The molecule has 0 fully saturated rings. The van der Waals surface area contributed by atoms with Crippen LogP contribution in [0.3, 0.4) is 0 Å². The molecule has 0 aliphatic heterocycles. The molecule has 0 aromatic heterocycles. The third-order valence-corrected chi connectivity index (χ3v) is 3.54. The first-order chi connectivity index (χ1) is 9.38. The van der Waals surface area contributed by atoms with E-state index < -0.39 is 5.97 Å². The number of carboxylic acid groups (broad SMARTS) is 1. The van der Waals surface area contributed by atoms with E-state index in [0.29, 0.717) is 18.3 Å². The Labute approximate surface area is 123 Å². The van der Waals surface area contributed by atoms with Gasteiger partial charge in [0.2, 0.25) is 5.91 Å². The van der Waals surface area contributed by atoms with Gasteiger partial charge < -0.3 is 10.4 Å². The van der Waals surface area contributed by atoms with Crippen LogP contribution in [-0.2, 0) is 9.59 Å². The van der Waals surface area contributed by atoms with Gasteiger partial charge in [-0.25, -0.2) is 0 Å². The smallest absolute Gasteiger partial charge is 0.305 e. The minimum atomic E-state index is -0.847. The second-order valence-corrected chi connectivity index (χ2v) is 6.08. The van der Waals surface area contributed by atoms with Crippen LogP contribution in [0.15, 0.2) is 0 Å². The average Bonchev–Trinajstić information content (AvgIpc) is 2.27. The Morgan fingerprint density at radius 2 is 1.70 bits per heavy atom. The number of hydrogen-bond donors (Lipinski definition) is 2. The van der Waals surface area contributed by atoms with Crippen molar-refractivity contribution in [2.24, 2.45) is 11.8 Å². The quantitative estimate of drug-likeness (QED) is 0.609. The van der Waals surface area contributed by atoms with Crippen LogP contribution in [0.5, 0.6) is 0 Å². The molecule has 0 rings (SSSR count). The van der Waals surface area contributed by atoms with E-state index in [0.717, 1.165) is 19.3 Å². The summed E-state index contributed by atoms with van der Waals surface area (Å²) in [7, 11) is 0. The Morgan fingerprint density at radius 1 is 1.05 bits per heavy atom. The third kappa shape index (κ3) is 9.82. The maximum Gasteiger partial charge on any atom is 0.305 e. The largest absolute Gasteiger partial charge is 0.481 e. The zero-order valence-corrected chi connectivity index (χ0v) is 13.4. The highest BCUT2D eigenvalue weighted by Gasteiger charge is 2.19. The molecule has 0 spiro atoms. The summed E-state index contributed by atoms with van der Waals surface area (Å²) in [6.45, 7) is 8.51. The summed E-state index contributed by atoms with van der Waals surface area (Å²) in [6, 6.07) is -0.240. The van der Waals surface area contributed by atoms with Crippen LogP contribution >= 0.6 is 0 Å². The van der Waals surface area contributed by atoms with E-state index in [1.807, 2.05) is 6.92 Å². The number of carbonyl (C=O) groups excluding carboxylic acids is 1. The van der Waals surface area contributed by atoms with Crippen LogP contribution in [0.2, 0.25) is 0 Å². The molecule has 118 valence electrons. The lowest BCUT2D eigenvalue weighted by Gasteiger charge is -2.23. The molecule has 0 radical (unpaired) electrons. The van der Waals surface area contributed by atoms with Gasteiger partial charge in [-0.1, -0.05) is 40.5 Å². The summed E-state index contributed by atoms with van der Waals surface area (Å²) >= 11 is 0. The standard InChI is InChI=1S/C16H31NO3/c1-5-7-12(3)9-13(4)10-14(11-16(19)20)17-15(18)8-6-2/h12-14H,5-11H2,1-4H3,(H,17,18)(H,19,20). The number of aliphatic carboxylic acids is 1. The lowest BCUT2D eigenvalue weighted by molar-refractivity contribution is -0.137. The minimum Gasteiger partial charge on any atom is -0.481 e. The first-order valence-corrected chi connectivity index (χ1v) is 7.90. The molecule has 0 bridgehead atoms. The highest BCUT2D eigenvalue weighted by atomic mass is 16.4. The van der Waals surface area contributed by atoms with Gasteiger partial charge >= 0.3 is 5.97 Å². The first-order valence-electron chi connectivity index (χ1n) is 7.90. The monoisotopic (exact) mass is 285 g/mol. The predicted octanol–water partition coefficient (Wildman–Crippen LogP) is 3.60. The number of rotatable bonds is 11. The number of carbonyl (C=O) groups is 2. The zero-order chi connectivity index (χ0) is 15.5. The van der Waals surface area contributed by atoms with Crippen molar-refractivity contribution in [3.8, 4) is 0 Å². The van der Waals surface area contributed by atoms with Crippen LogP contribution in [0.25, 0.3) is 0 Å².